The Morgan fingerprint density at radius 1 is 1.03 bits per heavy atom. The van der Waals surface area contributed by atoms with E-state index in [0.717, 1.165) is 39.0 Å². The highest BCUT2D eigenvalue weighted by molar-refractivity contribution is 6.35. The van der Waals surface area contributed by atoms with Gasteiger partial charge in [-0.2, -0.15) is 0 Å². The van der Waals surface area contributed by atoms with Crippen LogP contribution in [0.25, 0.3) is 10.9 Å². The number of carbonyl (C=O) groups excluding carboxylic acids is 2. The van der Waals surface area contributed by atoms with Gasteiger partial charge in [0.2, 0.25) is 11.8 Å². The molecule has 1 N–H and O–H groups in total. The van der Waals surface area contributed by atoms with Crippen molar-refractivity contribution < 1.29 is 14.3 Å². The molecular weight excluding hydrogens is 497 g/mol. The number of fused-ring (bicyclic) bond motifs is 4. The van der Waals surface area contributed by atoms with Crippen molar-refractivity contribution in [3.63, 3.8) is 0 Å². The topological polar surface area (TPSA) is 65.6 Å². The van der Waals surface area contributed by atoms with E-state index in [-0.39, 0.29) is 24.9 Å². The van der Waals surface area contributed by atoms with E-state index in [9.17, 15) is 9.59 Å². The number of hydrogen-bond acceptors (Lipinski definition) is 3. The van der Waals surface area contributed by atoms with Crippen LogP contribution in [0.15, 0.2) is 66.7 Å². The predicted octanol–water partition coefficient (Wildman–Crippen LogP) is 5.37. The average Bonchev–Trinajstić information content (AvgIpc) is 3.26. The van der Waals surface area contributed by atoms with E-state index in [0.29, 0.717) is 16.5 Å². The summed E-state index contributed by atoms with van der Waals surface area (Å²) < 4.78 is 5.34. The van der Waals surface area contributed by atoms with Crippen molar-refractivity contribution in [1.82, 2.24) is 14.8 Å². The van der Waals surface area contributed by atoms with E-state index >= 15 is 0 Å². The van der Waals surface area contributed by atoms with E-state index < -0.39 is 12.1 Å². The van der Waals surface area contributed by atoms with Gasteiger partial charge in [-0.05, 0) is 47.0 Å². The number of carbonyl (C=O) groups is 2. The minimum absolute atomic E-state index is 0.0174. The molecule has 1 fully saturated rings. The lowest BCUT2D eigenvalue weighted by Crippen LogP contribution is -2.62. The second kappa shape index (κ2) is 8.87. The third-order valence-corrected chi connectivity index (χ3v) is 7.74. The molecule has 0 spiro atoms. The molecule has 1 saturated heterocycles. The third-order valence-electron chi connectivity index (χ3n) is 7.15. The SMILES string of the molecule is COc1ccc([C@@H]2c3[nH]c4ccccc4c3C[C@H]3C(=O)N(Cc4ccc(Cl)cc4Cl)CC(=O)N23)cc1. The molecule has 2 aliphatic rings. The van der Waals surface area contributed by atoms with Crippen molar-refractivity contribution >= 4 is 45.9 Å². The standard InChI is InChI=1S/C28H23Cl2N3O3/c1-36-19-10-7-16(8-11-19)27-26-21(20-4-2-3-5-23(20)31-26)13-24-28(35)32(15-25(34)33(24)27)14-17-6-9-18(29)12-22(17)30/h2-12,24,27,31H,13-15H2,1H3/t24-,27+/m0/s1. The van der Waals surface area contributed by atoms with Crippen LogP contribution >= 0.6 is 23.2 Å². The summed E-state index contributed by atoms with van der Waals surface area (Å²) in [6.45, 7) is 0.232. The summed E-state index contributed by atoms with van der Waals surface area (Å²) in [5, 5.41) is 2.07. The maximum atomic E-state index is 13.9. The highest BCUT2D eigenvalue weighted by Crippen LogP contribution is 2.43. The van der Waals surface area contributed by atoms with Crippen molar-refractivity contribution in [2.45, 2.75) is 25.0 Å². The molecule has 3 aromatic carbocycles. The Balaban J connectivity index is 1.43. The van der Waals surface area contributed by atoms with Crippen LogP contribution in [-0.4, -0.2) is 46.3 Å². The Morgan fingerprint density at radius 3 is 2.56 bits per heavy atom. The Bertz CT molecular complexity index is 1500. The predicted molar refractivity (Wildman–Crippen MR) is 139 cm³/mol. The number of aromatic amines is 1. The summed E-state index contributed by atoms with van der Waals surface area (Å²) in [6, 6.07) is 19.9. The van der Waals surface area contributed by atoms with Gasteiger partial charge in [0.05, 0.1) is 13.2 Å². The fraction of sp³-hybridized carbons (Fsp3) is 0.214. The summed E-state index contributed by atoms with van der Waals surface area (Å²) in [5.41, 5.74) is 4.69. The van der Waals surface area contributed by atoms with Gasteiger partial charge >= 0.3 is 0 Å². The number of halogens is 2. The molecule has 2 atom stereocenters. The number of rotatable bonds is 4. The number of H-pyrrole nitrogens is 1. The first-order valence-electron chi connectivity index (χ1n) is 11.7. The zero-order valence-electron chi connectivity index (χ0n) is 19.5. The highest BCUT2D eigenvalue weighted by atomic mass is 35.5. The van der Waals surface area contributed by atoms with Crippen molar-refractivity contribution in [2.75, 3.05) is 13.7 Å². The number of piperazine rings is 1. The molecule has 1 aromatic heterocycles. The molecule has 2 amide bonds. The average molecular weight is 520 g/mol. The summed E-state index contributed by atoms with van der Waals surface area (Å²) in [6.07, 6.45) is 0.446. The Morgan fingerprint density at radius 2 is 1.81 bits per heavy atom. The van der Waals surface area contributed by atoms with Crippen molar-refractivity contribution in [1.29, 1.82) is 0 Å². The van der Waals surface area contributed by atoms with Crippen LogP contribution in [0.4, 0.5) is 0 Å². The molecule has 36 heavy (non-hydrogen) atoms. The van der Waals surface area contributed by atoms with E-state index in [2.05, 4.69) is 11.1 Å². The van der Waals surface area contributed by atoms with E-state index in [1.54, 1.807) is 35.1 Å². The number of benzene rings is 3. The summed E-state index contributed by atoms with van der Waals surface area (Å²) in [7, 11) is 1.62. The molecule has 182 valence electrons. The number of nitrogens with one attached hydrogen (secondary N) is 1. The fourth-order valence-corrected chi connectivity index (χ4v) is 5.91. The largest absolute Gasteiger partial charge is 0.497 e. The minimum atomic E-state index is -0.615. The van der Waals surface area contributed by atoms with Crippen LogP contribution < -0.4 is 4.74 Å². The molecule has 2 aliphatic heterocycles. The normalized spacial score (nSPS) is 19.4. The first-order valence-corrected chi connectivity index (χ1v) is 12.5. The van der Waals surface area contributed by atoms with Gasteiger partial charge in [0.25, 0.3) is 0 Å². The quantitative estimate of drug-likeness (QED) is 0.394. The summed E-state index contributed by atoms with van der Waals surface area (Å²) in [4.78, 5) is 34.4. The molecule has 0 saturated carbocycles. The molecule has 0 radical (unpaired) electrons. The number of hydrogen-bond donors (Lipinski definition) is 1. The maximum absolute atomic E-state index is 13.9. The number of methoxy groups -OCH3 is 1. The molecule has 8 heteroatoms. The number of amides is 2. The highest BCUT2D eigenvalue weighted by Gasteiger charge is 2.48. The second-order valence-corrected chi connectivity index (χ2v) is 10.0. The lowest BCUT2D eigenvalue weighted by Gasteiger charge is -2.47. The maximum Gasteiger partial charge on any atom is 0.246 e. The molecule has 0 aliphatic carbocycles. The third kappa shape index (κ3) is 3.72. The first kappa shape index (κ1) is 23.0. The molecular formula is C28H23Cl2N3O3. The van der Waals surface area contributed by atoms with Crippen molar-refractivity contribution in [2.24, 2.45) is 0 Å². The van der Waals surface area contributed by atoms with E-state index in [1.165, 1.54) is 0 Å². The van der Waals surface area contributed by atoms with Gasteiger partial charge in [-0.1, -0.05) is 59.6 Å². The zero-order valence-corrected chi connectivity index (χ0v) is 21.0. The summed E-state index contributed by atoms with van der Waals surface area (Å²) in [5.74, 6) is 0.542. The van der Waals surface area contributed by atoms with Gasteiger partial charge in [0.1, 0.15) is 18.3 Å². The lowest BCUT2D eigenvalue weighted by molar-refractivity contribution is -0.159. The van der Waals surface area contributed by atoms with Crippen LogP contribution in [0.2, 0.25) is 10.0 Å². The van der Waals surface area contributed by atoms with Crippen LogP contribution in [0.5, 0.6) is 5.75 Å². The number of nitrogens with zero attached hydrogens (tertiary/aromatic N) is 2. The molecule has 0 bridgehead atoms. The Kier molecular flexibility index (Phi) is 5.66. The Hall–Kier alpha value is -3.48. The van der Waals surface area contributed by atoms with Crippen LogP contribution in [0.3, 0.4) is 0 Å². The minimum Gasteiger partial charge on any atom is -0.497 e. The Labute approximate surface area is 218 Å². The van der Waals surface area contributed by atoms with Crippen LogP contribution in [0.1, 0.15) is 28.4 Å². The van der Waals surface area contributed by atoms with Crippen molar-refractivity contribution in [3.8, 4) is 5.75 Å². The monoisotopic (exact) mass is 519 g/mol. The van der Waals surface area contributed by atoms with Gasteiger partial charge in [0, 0.05) is 39.6 Å². The van der Waals surface area contributed by atoms with Gasteiger partial charge in [-0.3, -0.25) is 9.59 Å². The van der Waals surface area contributed by atoms with Gasteiger partial charge in [-0.25, -0.2) is 0 Å². The zero-order chi connectivity index (χ0) is 25.0. The van der Waals surface area contributed by atoms with Gasteiger partial charge in [0.15, 0.2) is 0 Å². The van der Waals surface area contributed by atoms with E-state index in [4.69, 9.17) is 27.9 Å². The van der Waals surface area contributed by atoms with Gasteiger partial charge in [-0.15, -0.1) is 0 Å². The number of ether oxygens (including phenoxy) is 1. The second-order valence-electron chi connectivity index (χ2n) is 9.19. The van der Waals surface area contributed by atoms with Gasteiger partial charge < -0.3 is 19.5 Å². The fourth-order valence-electron chi connectivity index (χ4n) is 5.45. The van der Waals surface area contributed by atoms with Crippen molar-refractivity contribution in [3.05, 3.63) is 99.2 Å². The molecule has 6 nitrogen and oxygen atoms in total. The molecule has 3 heterocycles. The number of aromatic nitrogens is 1. The van der Waals surface area contributed by atoms with Crippen LogP contribution in [-0.2, 0) is 22.6 Å². The molecule has 4 aromatic rings. The molecule has 6 rings (SSSR count). The summed E-state index contributed by atoms with van der Waals surface area (Å²) >= 11 is 12.4. The smallest absolute Gasteiger partial charge is 0.246 e. The van der Waals surface area contributed by atoms with E-state index in [1.807, 2.05) is 42.5 Å². The first-order chi connectivity index (χ1) is 17.4. The lowest BCUT2D eigenvalue weighted by atomic mass is 9.86. The molecule has 0 unspecified atom stereocenters. The number of para-hydroxylation sites is 1. The van der Waals surface area contributed by atoms with Crippen LogP contribution in [0, 0.1) is 0 Å².